The van der Waals surface area contributed by atoms with Gasteiger partial charge in [0.2, 0.25) is 10.0 Å². The van der Waals surface area contributed by atoms with E-state index in [1.54, 1.807) is 34.1 Å². The van der Waals surface area contributed by atoms with E-state index in [-0.39, 0.29) is 61.1 Å². The highest BCUT2D eigenvalue weighted by Gasteiger charge is 2.37. The summed E-state index contributed by atoms with van der Waals surface area (Å²) in [6.07, 6.45) is -0.332. The second-order valence-corrected chi connectivity index (χ2v) is 11.4. The number of para-hydroxylation sites is 2. The van der Waals surface area contributed by atoms with Crippen LogP contribution in [0.15, 0.2) is 53.9 Å². The molecule has 3 heterocycles. The molecule has 3 aromatic rings. The molecule has 2 aromatic heterocycles. The lowest BCUT2D eigenvalue weighted by atomic mass is 9.80. The van der Waals surface area contributed by atoms with Crippen LogP contribution in [0.3, 0.4) is 0 Å². The molecule has 1 saturated carbocycles. The Labute approximate surface area is 226 Å². The molecule has 0 radical (unpaired) electrons. The smallest absolute Gasteiger partial charge is 0.433 e. The highest BCUT2D eigenvalue weighted by Crippen LogP contribution is 2.38. The van der Waals surface area contributed by atoms with Gasteiger partial charge in [-0.05, 0) is 43.0 Å². The van der Waals surface area contributed by atoms with Gasteiger partial charge in [0.15, 0.2) is 0 Å². The van der Waals surface area contributed by atoms with Gasteiger partial charge in [-0.2, -0.15) is 31.4 Å². The molecule has 40 heavy (non-hydrogen) atoms. The van der Waals surface area contributed by atoms with Crippen molar-refractivity contribution in [3.63, 3.8) is 0 Å². The Morgan fingerprint density at radius 3 is 2.42 bits per heavy atom. The molecule has 5 rings (SSSR count). The number of benzene rings is 1. The van der Waals surface area contributed by atoms with E-state index in [4.69, 9.17) is 0 Å². The predicted molar refractivity (Wildman–Crippen MR) is 134 cm³/mol. The molecule has 0 bridgehead atoms. The Kier molecular flexibility index (Phi) is 7.81. The Morgan fingerprint density at radius 2 is 1.77 bits per heavy atom. The van der Waals surface area contributed by atoms with Crippen molar-refractivity contribution in [1.29, 1.82) is 0 Å². The molecular weight excluding hydrogens is 561 g/mol. The topological polar surface area (TPSA) is 105 Å². The van der Waals surface area contributed by atoms with Crippen molar-refractivity contribution >= 4 is 21.5 Å². The van der Waals surface area contributed by atoms with Crippen LogP contribution in [-0.2, 0) is 16.2 Å². The molecule has 1 saturated heterocycles. The zero-order valence-corrected chi connectivity index (χ0v) is 21.8. The van der Waals surface area contributed by atoms with Crippen LogP contribution < -0.4 is 15.0 Å². The number of alkyl halides is 5. The first-order valence-electron chi connectivity index (χ1n) is 12.5. The molecule has 1 aromatic carbocycles. The predicted octanol–water partition coefficient (Wildman–Crippen LogP) is 3.87. The first kappa shape index (κ1) is 28.0. The van der Waals surface area contributed by atoms with E-state index >= 15 is 0 Å². The van der Waals surface area contributed by atoms with Gasteiger partial charge in [0.25, 0.3) is 0 Å². The summed E-state index contributed by atoms with van der Waals surface area (Å²) < 4.78 is 100. The van der Waals surface area contributed by atoms with Gasteiger partial charge >= 0.3 is 12.8 Å². The van der Waals surface area contributed by atoms with E-state index in [0.29, 0.717) is 24.6 Å². The lowest BCUT2D eigenvalue weighted by Gasteiger charge is -2.36. The lowest BCUT2D eigenvalue weighted by molar-refractivity contribution is -0.141. The largest absolute Gasteiger partial charge is 0.433 e. The number of hydrogen-bond donors (Lipinski definition) is 1. The molecule has 0 amide bonds. The molecule has 2 aliphatic rings. The summed E-state index contributed by atoms with van der Waals surface area (Å²) >= 11 is 0. The Hall–Kier alpha value is -3.53. The highest BCUT2D eigenvalue weighted by molar-refractivity contribution is 7.89. The number of pyridine rings is 1. The average molecular weight is 588 g/mol. The van der Waals surface area contributed by atoms with Crippen molar-refractivity contribution in [1.82, 2.24) is 24.1 Å². The maximum atomic E-state index is 13.6. The second-order valence-electron chi connectivity index (χ2n) is 9.53. The fourth-order valence-corrected chi connectivity index (χ4v) is 6.42. The average Bonchev–Trinajstić information content (AvgIpc) is 3.42. The van der Waals surface area contributed by atoms with Gasteiger partial charge < -0.3 is 15.0 Å². The van der Waals surface area contributed by atoms with Crippen molar-refractivity contribution in [3.8, 4) is 5.75 Å². The fourth-order valence-electron chi connectivity index (χ4n) is 4.89. The lowest BCUT2D eigenvalue weighted by Crippen LogP contribution is -2.49. The molecule has 10 nitrogen and oxygen atoms in total. The van der Waals surface area contributed by atoms with Gasteiger partial charge in [-0.25, -0.2) is 23.1 Å². The molecular formula is C24H26F5N7O3S. The molecule has 1 aliphatic carbocycles. The zero-order valence-electron chi connectivity index (χ0n) is 21.0. The highest BCUT2D eigenvalue weighted by atomic mass is 32.2. The number of piperazine rings is 1. The summed E-state index contributed by atoms with van der Waals surface area (Å²) in [5.41, 5.74) is -0.813. The summed E-state index contributed by atoms with van der Waals surface area (Å²) in [7, 11) is -4.23. The third-order valence-electron chi connectivity index (χ3n) is 7.01. The molecule has 0 atom stereocenters. The third-order valence-corrected chi connectivity index (χ3v) is 8.94. The number of anilines is 2. The van der Waals surface area contributed by atoms with E-state index in [2.05, 4.69) is 25.1 Å². The molecule has 216 valence electrons. The van der Waals surface area contributed by atoms with E-state index in [1.165, 1.54) is 12.4 Å². The normalized spacial score (nSPS) is 20.4. The van der Waals surface area contributed by atoms with E-state index in [1.807, 2.05) is 0 Å². The minimum atomic E-state index is -4.76. The first-order valence-corrected chi connectivity index (χ1v) is 13.9. The van der Waals surface area contributed by atoms with Crippen LogP contribution in [0.4, 0.5) is 33.5 Å². The van der Waals surface area contributed by atoms with Crippen LogP contribution >= 0.6 is 0 Å². The minimum absolute atomic E-state index is 0.0198. The Balaban J connectivity index is 1.30. The Bertz CT molecular complexity index is 1410. The SMILES string of the molecule is O=S(=O)(c1ccc(C(F)(F)F)nc1NCC1CC(n2cncn2)C1)N1CCN(c2ccccc2OC(F)F)CC1. The number of aromatic nitrogens is 4. The number of rotatable bonds is 9. The Morgan fingerprint density at radius 1 is 1.05 bits per heavy atom. The summed E-state index contributed by atoms with van der Waals surface area (Å²) in [6, 6.07) is 7.88. The second kappa shape index (κ2) is 11.2. The van der Waals surface area contributed by atoms with Crippen LogP contribution in [0.25, 0.3) is 0 Å². The molecule has 2 fully saturated rings. The number of nitrogens with one attached hydrogen (secondary N) is 1. The van der Waals surface area contributed by atoms with Crippen molar-refractivity contribution in [2.24, 2.45) is 5.92 Å². The van der Waals surface area contributed by atoms with Crippen molar-refractivity contribution in [2.75, 3.05) is 42.9 Å². The molecule has 1 N–H and O–H groups in total. The van der Waals surface area contributed by atoms with Crippen LogP contribution in [-0.4, -0.2) is 71.8 Å². The van der Waals surface area contributed by atoms with Crippen molar-refractivity contribution < 1.29 is 35.1 Å². The fraction of sp³-hybridized carbons (Fsp3) is 0.458. The third kappa shape index (κ3) is 5.96. The number of sulfonamides is 1. The van der Waals surface area contributed by atoms with E-state index in [9.17, 15) is 30.4 Å². The summed E-state index contributed by atoms with van der Waals surface area (Å²) in [6.45, 7) is -2.51. The molecule has 0 spiro atoms. The standard InChI is InChI=1S/C24H26F5N7O3S/c25-23(26)39-19-4-2-1-3-18(19)34-7-9-35(10-8-34)40(37,38)20-5-6-21(24(27,28)29)33-22(20)31-13-16-11-17(12-16)36-15-30-14-32-36/h1-6,14-17,23H,7-13H2,(H,31,33). The van der Waals surface area contributed by atoms with Crippen LogP contribution in [0.2, 0.25) is 0 Å². The van der Waals surface area contributed by atoms with Gasteiger partial charge in [0.1, 0.15) is 34.8 Å². The van der Waals surface area contributed by atoms with Crippen LogP contribution in [0.5, 0.6) is 5.75 Å². The van der Waals surface area contributed by atoms with Gasteiger partial charge in [0.05, 0.1) is 11.7 Å². The van der Waals surface area contributed by atoms with Crippen molar-refractivity contribution in [2.45, 2.75) is 36.6 Å². The van der Waals surface area contributed by atoms with Gasteiger partial charge in [0, 0.05) is 32.7 Å². The quantitative estimate of drug-likeness (QED) is 0.377. The first-order chi connectivity index (χ1) is 19.0. The van der Waals surface area contributed by atoms with E-state index in [0.717, 1.165) is 10.4 Å². The maximum Gasteiger partial charge on any atom is 0.433 e. The zero-order chi connectivity index (χ0) is 28.5. The maximum absolute atomic E-state index is 13.6. The van der Waals surface area contributed by atoms with E-state index < -0.39 is 28.5 Å². The van der Waals surface area contributed by atoms with Crippen LogP contribution in [0, 0.1) is 5.92 Å². The molecule has 1 aliphatic heterocycles. The monoisotopic (exact) mass is 587 g/mol. The number of hydrogen-bond acceptors (Lipinski definition) is 8. The van der Waals surface area contributed by atoms with Crippen molar-refractivity contribution in [3.05, 3.63) is 54.7 Å². The summed E-state index contributed by atoms with van der Waals surface area (Å²) in [5.74, 6) is -0.313. The number of halogens is 5. The van der Waals surface area contributed by atoms with Gasteiger partial charge in [-0.1, -0.05) is 12.1 Å². The van der Waals surface area contributed by atoms with Gasteiger partial charge in [-0.15, -0.1) is 0 Å². The van der Waals surface area contributed by atoms with Crippen LogP contribution in [0.1, 0.15) is 24.6 Å². The summed E-state index contributed by atoms with van der Waals surface area (Å²) in [4.78, 5) is 8.90. The number of nitrogens with zero attached hydrogens (tertiary/aromatic N) is 6. The number of ether oxygens (including phenoxy) is 1. The minimum Gasteiger partial charge on any atom is -0.433 e. The van der Waals surface area contributed by atoms with Gasteiger partial charge in [-0.3, -0.25) is 0 Å². The molecule has 16 heteroatoms. The summed E-state index contributed by atoms with van der Waals surface area (Å²) in [5, 5.41) is 6.93. The molecule has 0 unspecified atom stereocenters.